The van der Waals surface area contributed by atoms with Crippen LogP contribution in [0, 0.1) is 0 Å². The van der Waals surface area contributed by atoms with E-state index in [1.165, 1.54) is 12.3 Å². The second-order valence-electron chi connectivity index (χ2n) is 5.18. The van der Waals surface area contributed by atoms with E-state index in [0.717, 1.165) is 0 Å². The van der Waals surface area contributed by atoms with Gasteiger partial charge < -0.3 is 19.2 Å². The van der Waals surface area contributed by atoms with Crippen molar-refractivity contribution < 1.29 is 18.7 Å². The van der Waals surface area contributed by atoms with Crippen molar-refractivity contribution in [1.29, 1.82) is 0 Å². The molecule has 26 heavy (non-hydrogen) atoms. The number of para-hydroxylation sites is 1. The summed E-state index contributed by atoms with van der Waals surface area (Å²) in [5.74, 6) is -0.484. The molecule has 8 heteroatoms. The summed E-state index contributed by atoms with van der Waals surface area (Å²) in [4.78, 5) is 32.7. The highest BCUT2D eigenvalue weighted by molar-refractivity contribution is 6.05. The lowest BCUT2D eigenvalue weighted by Crippen LogP contribution is -2.21. The van der Waals surface area contributed by atoms with Gasteiger partial charge in [-0.25, -0.2) is 9.78 Å². The Morgan fingerprint density at radius 1 is 1.19 bits per heavy atom. The maximum atomic E-state index is 12.5. The number of hydrogen-bond donors (Lipinski definition) is 1. The summed E-state index contributed by atoms with van der Waals surface area (Å²) in [6.07, 6.45) is 1.36. The lowest BCUT2D eigenvalue weighted by molar-refractivity contribution is 0.102. The van der Waals surface area contributed by atoms with Gasteiger partial charge in [0.15, 0.2) is 0 Å². The molecule has 8 nitrogen and oxygen atoms in total. The molecule has 0 saturated heterocycles. The minimum absolute atomic E-state index is 0.125. The fourth-order valence-electron chi connectivity index (χ4n) is 2.29. The zero-order chi connectivity index (χ0) is 18.5. The van der Waals surface area contributed by atoms with Crippen LogP contribution in [0.15, 0.2) is 45.7 Å². The highest BCUT2D eigenvalue weighted by atomic mass is 16.5. The van der Waals surface area contributed by atoms with Crippen molar-refractivity contribution >= 4 is 22.6 Å². The summed E-state index contributed by atoms with van der Waals surface area (Å²) in [6.45, 7) is 4.32. The molecule has 0 aliphatic rings. The summed E-state index contributed by atoms with van der Waals surface area (Å²) in [5.41, 5.74) is -0.215. The van der Waals surface area contributed by atoms with Crippen LogP contribution in [-0.2, 0) is 0 Å². The van der Waals surface area contributed by atoms with Gasteiger partial charge in [-0.3, -0.25) is 4.79 Å². The molecule has 2 aromatic heterocycles. The van der Waals surface area contributed by atoms with E-state index in [0.29, 0.717) is 24.2 Å². The van der Waals surface area contributed by atoms with Crippen molar-refractivity contribution in [3.63, 3.8) is 0 Å². The number of aromatic nitrogens is 2. The first-order valence-corrected chi connectivity index (χ1v) is 8.09. The predicted molar refractivity (Wildman–Crippen MR) is 94.8 cm³/mol. The smallest absolute Gasteiger partial charge is 0.349 e. The Hall–Kier alpha value is -3.42. The van der Waals surface area contributed by atoms with Crippen molar-refractivity contribution in [1.82, 2.24) is 9.97 Å². The summed E-state index contributed by atoms with van der Waals surface area (Å²) in [6, 6.07) is 8.56. The van der Waals surface area contributed by atoms with E-state index >= 15 is 0 Å². The first-order chi connectivity index (χ1) is 12.6. The molecular formula is C18H17N3O5. The Morgan fingerprint density at radius 3 is 2.73 bits per heavy atom. The number of benzene rings is 1. The lowest BCUT2D eigenvalue weighted by atomic mass is 10.2. The Balaban J connectivity index is 1.92. The molecule has 0 atom stereocenters. The van der Waals surface area contributed by atoms with Gasteiger partial charge in [0.2, 0.25) is 5.88 Å². The van der Waals surface area contributed by atoms with Crippen molar-refractivity contribution in [2.75, 3.05) is 18.5 Å². The molecule has 134 valence electrons. The van der Waals surface area contributed by atoms with E-state index in [1.54, 1.807) is 38.1 Å². The number of carbonyl (C=O) groups is 1. The van der Waals surface area contributed by atoms with E-state index in [2.05, 4.69) is 15.3 Å². The maximum absolute atomic E-state index is 12.5. The van der Waals surface area contributed by atoms with Crippen LogP contribution in [0.25, 0.3) is 11.0 Å². The summed E-state index contributed by atoms with van der Waals surface area (Å²) in [7, 11) is 0. The Bertz CT molecular complexity index is 1000. The molecule has 0 radical (unpaired) electrons. The lowest BCUT2D eigenvalue weighted by Gasteiger charge is -2.11. The number of nitrogens with zero attached hydrogens (tertiary/aromatic N) is 2. The third-order valence-corrected chi connectivity index (χ3v) is 3.42. The van der Waals surface area contributed by atoms with E-state index in [-0.39, 0.29) is 23.1 Å². The Morgan fingerprint density at radius 2 is 1.96 bits per heavy atom. The molecule has 0 unspecified atom stereocenters. The van der Waals surface area contributed by atoms with Gasteiger partial charge in [0, 0.05) is 5.39 Å². The van der Waals surface area contributed by atoms with Crippen molar-refractivity contribution in [3.05, 3.63) is 52.5 Å². The third-order valence-electron chi connectivity index (χ3n) is 3.42. The molecule has 0 spiro atoms. The fraction of sp³-hybridized carbons (Fsp3) is 0.222. The first kappa shape index (κ1) is 17.4. The van der Waals surface area contributed by atoms with Crippen molar-refractivity contribution in [2.24, 2.45) is 0 Å². The predicted octanol–water partition coefficient (Wildman–Crippen LogP) is 2.63. The zero-order valence-electron chi connectivity index (χ0n) is 14.3. The maximum Gasteiger partial charge on any atom is 0.349 e. The van der Waals surface area contributed by atoms with E-state index < -0.39 is 11.5 Å². The van der Waals surface area contributed by atoms with Crippen LogP contribution in [0.1, 0.15) is 24.2 Å². The molecule has 1 aromatic carbocycles. The van der Waals surface area contributed by atoms with Crippen LogP contribution in [0.5, 0.6) is 11.9 Å². The molecule has 0 aliphatic carbocycles. The average molecular weight is 355 g/mol. The van der Waals surface area contributed by atoms with Gasteiger partial charge in [-0.2, -0.15) is 4.98 Å². The SMILES string of the molecule is CCOc1ncc(NC(=O)c2cc3ccccc3oc2=O)c(OCC)n1. The van der Waals surface area contributed by atoms with Gasteiger partial charge in [-0.1, -0.05) is 18.2 Å². The minimum Gasteiger partial charge on any atom is -0.476 e. The fourth-order valence-corrected chi connectivity index (χ4v) is 2.29. The highest BCUT2D eigenvalue weighted by Gasteiger charge is 2.17. The van der Waals surface area contributed by atoms with Crippen molar-refractivity contribution in [2.45, 2.75) is 13.8 Å². The Labute approximate surface area is 148 Å². The van der Waals surface area contributed by atoms with Crippen LogP contribution >= 0.6 is 0 Å². The molecule has 0 saturated carbocycles. The van der Waals surface area contributed by atoms with Gasteiger partial charge in [0.1, 0.15) is 16.8 Å². The van der Waals surface area contributed by atoms with E-state index in [4.69, 9.17) is 13.9 Å². The number of amides is 1. The third kappa shape index (κ3) is 3.64. The van der Waals surface area contributed by atoms with Gasteiger partial charge in [0.25, 0.3) is 5.91 Å². The standard InChI is InChI=1S/C18H17N3O5/c1-3-24-16-13(10-19-18(21-16)25-4-2)20-15(22)12-9-11-7-5-6-8-14(11)26-17(12)23/h5-10H,3-4H2,1-2H3,(H,20,22). The largest absolute Gasteiger partial charge is 0.476 e. The van der Waals surface area contributed by atoms with Crippen LogP contribution in [0.2, 0.25) is 0 Å². The number of rotatable bonds is 6. The second kappa shape index (κ2) is 7.64. The minimum atomic E-state index is -0.731. The van der Waals surface area contributed by atoms with E-state index in [9.17, 15) is 9.59 Å². The molecule has 0 bridgehead atoms. The number of fused-ring (bicyclic) bond motifs is 1. The van der Waals surface area contributed by atoms with Crippen molar-refractivity contribution in [3.8, 4) is 11.9 Å². The van der Waals surface area contributed by atoms with Crippen LogP contribution in [-0.4, -0.2) is 29.1 Å². The van der Waals surface area contributed by atoms with Gasteiger partial charge in [-0.15, -0.1) is 0 Å². The number of hydrogen-bond acceptors (Lipinski definition) is 7. The van der Waals surface area contributed by atoms with Crippen LogP contribution in [0.3, 0.4) is 0 Å². The number of ether oxygens (including phenoxy) is 2. The van der Waals surface area contributed by atoms with Gasteiger partial charge in [-0.05, 0) is 26.0 Å². The molecule has 2 heterocycles. The van der Waals surface area contributed by atoms with Gasteiger partial charge >= 0.3 is 11.6 Å². The normalized spacial score (nSPS) is 10.5. The molecule has 0 aliphatic heterocycles. The first-order valence-electron chi connectivity index (χ1n) is 8.09. The quantitative estimate of drug-likeness (QED) is 0.678. The number of carbonyl (C=O) groups excluding carboxylic acids is 1. The Kier molecular flexibility index (Phi) is 5.12. The summed E-state index contributed by atoms with van der Waals surface area (Å²) in [5, 5.41) is 3.23. The molecule has 0 fully saturated rings. The molecule has 3 rings (SSSR count). The van der Waals surface area contributed by atoms with Gasteiger partial charge in [0.05, 0.1) is 19.4 Å². The van der Waals surface area contributed by atoms with Crippen LogP contribution in [0.4, 0.5) is 5.69 Å². The topological polar surface area (TPSA) is 104 Å². The van der Waals surface area contributed by atoms with E-state index in [1.807, 2.05) is 0 Å². The molecular weight excluding hydrogens is 338 g/mol. The number of nitrogens with one attached hydrogen (secondary N) is 1. The summed E-state index contributed by atoms with van der Waals surface area (Å²) >= 11 is 0. The highest BCUT2D eigenvalue weighted by Crippen LogP contribution is 2.24. The summed E-state index contributed by atoms with van der Waals surface area (Å²) < 4.78 is 15.8. The number of anilines is 1. The van der Waals surface area contributed by atoms with Crippen LogP contribution < -0.4 is 20.4 Å². The average Bonchev–Trinajstić information content (AvgIpc) is 2.63. The molecule has 1 N–H and O–H groups in total. The zero-order valence-corrected chi connectivity index (χ0v) is 14.3. The monoisotopic (exact) mass is 355 g/mol. The second-order valence-corrected chi connectivity index (χ2v) is 5.18. The molecule has 3 aromatic rings. The molecule has 1 amide bonds.